The van der Waals surface area contributed by atoms with Gasteiger partial charge in [0.15, 0.2) is 0 Å². The van der Waals surface area contributed by atoms with Crippen LogP contribution in [0.15, 0.2) is 35.9 Å². The summed E-state index contributed by atoms with van der Waals surface area (Å²) >= 11 is 5.04. The first-order chi connectivity index (χ1) is 11.4. The minimum Gasteiger partial charge on any atom is -0.423 e. The minimum atomic E-state index is -3.73. The lowest BCUT2D eigenvalue weighted by Gasteiger charge is -2.23. The average molecular weight is 373 g/mol. The zero-order chi connectivity index (χ0) is 17.7. The largest absolute Gasteiger partial charge is 0.423 e. The monoisotopic (exact) mass is 373 g/mol. The lowest BCUT2D eigenvalue weighted by Crippen LogP contribution is -2.31. The molecule has 2 aliphatic heterocycles. The molecule has 0 bridgehead atoms. The predicted octanol–water partition coefficient (Wildman–Crippen LogP) is 0.618. The second-order valence-electron chi connectivity index (χ2n) is 4.87. The van der Waals surface area contributed by atoms with Gasteiger partial charge in [0.1, 0.15) is 0 Å². The molecule has 0 saturated carbocycles. The van der Waals surface area contributed by atoms with Crippen molar-refractivity contribution in [3.8, 4) is 0 Å². The van der Waals surface area contributed by atoms with Crippen molar-refractivity contribution in [1.29, 1.82) is 0 Å². The summed E-state index contributed by atoms with van der Waals surface area (Å²) < 4.78 is 33.6. The number of nitrogens with one attached hydrogen (secondary N) is 1. The van der Waals surface area contributed by atoms with Crippen LogP contribution in [0.4, 0.5) is 0 Å². The van der Waals surface area contributed by atoms with Crippen molar-refractivity contribution >= 4 is 33.4 Å². The number of hydrogen-bond acceptors (Lipinski definition) is 8. The van der Waals surface area contributed by atoms with Gasteiger partial charge in [-0.3, -0.25) is 9.69 Å². The van der Waals surface area contributed by atoms with E-state index in [0.29, 0.717) is 18.8 Å². The molecular formula is C14H19N3O5S2. The van der Waals surface area contributed by atoms with E-state index in [1.807, 2.05) is 0 Å². The van der Waals surface area contributed by atoms with Gasteiger partial charge in [0, 0.05) is 25.8 Å². The van der Waals surface area contributed by atoms with Gasteiger partial charge >= 0.3 is 0 Å². The second kappa shape index (κ2) is 7.88. The summed E-state index contributed by atoms with van der Waals surface area (Å²) in [4.78, 5) is 15.3. The van der Waals surface area contributed by atoms with E-state index in [-0.39, 0.29) is 29.1 Å². The van der Waals surface area contributed by atoms with Crippen LogP contribution in [-0.4, -0.2) is 54.7 Å². The molecule has 1 amide bonds. The Labute approximate surface area is 146 Å². The van der Waals surface area contributed by atoms with E-state index in [2.05, 4.69) is 9.76 Å². The van der Waals surface area contributed by atoms with Crippen LogP contribution in [0.5, 0.6) is 0 Å². The Morgan fingerprint density at radius 2 is 2.08 bits per heavy atom. The van der Waals surface area contributed by atoms with E-state index < -0.39 is 10.1 Å². The van der Waals surface area contributed by atoms with Gasteiger partial charge in [0.25, 0.3) is 21.2 Å². The summed E-state index contributed by atoms with van der Waals surface area (Å²) in [5, 5.41) is 0.0935. The van der Waals surface area contributed by atoms with E-state index >= 15 is 0 Å². The van der Waals surface area contributed by atoms with Crippen LogP contribution in [0, 0.1) is 0 Å². The van der Waals surface area contributed by atoms with E-state index in [1.165, 1.54) is 4.90 Å². The molecule has 0 aliphatic carbocycles. The second-order valence-corrected chi connectivity index (χ2v) is 6.91. The van der Waals surface area contributed by atoms with Crippen molar-refractivity contribution in [2.75, 3.05) is 25.4 Å². The first-order valence-electron chi connectivity index (χ1n) is 7.43. The highest BCUT2D eigenvalue weighted by Crippen LogP contribution is 2.25. The predicted molar refractivity (Wildman–Crippen MR) is 91.6 cm³/mol. The normalized spacial score (nSPS) is 20.9. The van der Waals surface area contributed by atoms with Gasteiger partial charge in [-0.25, -0.2) is 0 Å². The fraction of sp³-hybridized carbons (Fsp3) is 0.429. The lowest BCUT2D eigenvalue weighted by molar-refractivity contribution is -0.122. The lowest BCUT2D eigenvalue weighted by atomic mass is 10.2. The highest BCUT2D eigenvalue weighted by atomic mass is 32.2. The molecule has 0 aromatic rings. The number of carbonyl (C=O) groups is 1. The van der Waals surface area contributed by atoms with Gasteiger partial charge < -0.3 is 9.64 Å². The molecule has 0 atom stereocenters. The Kier molecular flexibility index (Phi) is 6.10. The number of thiocarbonyl (C=S) groups is 1. The first-order valence-corrected chi connectivity index (χ1v) is 9.41. The van der Waals surface area contributed by atoms with Crippen LogP contribution in [0.2, 0.25) is 0 Å². The first kappa shape index (κ1) is 18.6. The molecule has 1 N–H and O–H groups in total. The van der Waals surface area contributed by atoms with E-state index in [0.717, 1.165) is 0 Å². The zero-order valence-corrected chi connectivity index (χ0v) is 15.0. The molecule has 2 rings (SSSR count). The van der Waals surface area contributed by atoms with Crippen molar-refractivity contribution < 1.29 is 22.2 Å². The van der Waals surface area contributed by atoms with E-state index in [1.54, 1.807) is 43.2 Å². The molecular weight excluding hydrogens is 354 g/mol. The van der Waals surface area contributed by atoms with Crippen molar-refractivity contribution in [2.24, 2.45) is 0 Å². The fourth-order valence-electron chi connectivity index (χ4n) is 2.10. The molecule has 0 unspecified atom stereocenters. The average Bonchev–Trinajstić information content (AvgIpc) is 2.85. The van der Waals surface area contributed by atoms with Gasteiger partial charge in [-0.05, 0) is 31.3 Å². The maximum atomic E-state index is 12.4. The van der Waals surface area contributed by atoms with Crippen LogP contribution in [0.1, 0.15) is 13.8 Å². The number of allylic oxidation sites excluding steroid dienone is 3. The van der Waals surface area contributed by atoms with E-state index in [9.17, 15) is 13.2 Å². The molecule has 1 fully saturated rings. The quantitative estimate of drug-likeness (QED) is 0.395. The molecule has 1 saturated heterocycles. The van der Waals surface area contributed by atoms with E-state index in [4.69, 9.17) is 17.0 Å². The third-order valence-electron chi connectivity index (χ3n) is 3.25. The van der Waals surface area contributed by atoms with Crippen LogP contribution in [-0.2, 0) is 23.9 Å². The fourth-order valence-corrected chi connectivity index (χ4v) is 3.20. The van der Waals surface area contributed by atoms with Crippen LogP contribution >= 0.6 is 12.2 Å². The molecule has 10 heteroatoms. The maximum Gasteiger partial charge on any atom is 0.299 e. The van der Waals surface area contributed by atoms with Gasteiger partial charge in [-0.1, -0.05) is 13.0 Å². The van der Waals surface area contributed by atoms with Gasteiger partial charge in [0.2, 0.25) is 5.76 Å². The molecule has 0 spiro atoms. The summed E-state index contributed by atoms with van der Waals surface area (Å²) in [6.07, 6.45) is 6.81. The van der Waals surface area contributed by atoms with Crippen molar-refractivity contribution in [3.05, 3.63) is 35.9 Å². The number of rotatable bonds is 7. The Morgan fingerprint density at radius 1 is 1.33 bits per heavy atom. The number of carbonyl (C=O) groups excluding carboxylic acids is 1. The number of hydroxylamine groups is 1. The van der Waals surface area contributed by atoms with Crippen molar-refractivity contribution in [3.63, 3.8) is 0 Å². The Morgan fingerprint density at radius 3 is 2.71 bits per heavy atom. The zero-order valence-electron chi connectivity index (χ0n) is 13.4. The molecule has 132 valence electrons. The molecule has 2 heterocycles. The third kappa shape index (κ3) is 4.20. The number of amides is 1. The molecule has 0 aromatic carbocycles. The standard InChI is InChI=1S/C14H19N3O5S2/c1-3-15-22-24(19,20)10-9-16-8-6-5-7-11(16)12-13(18)17(4-2)14(23)21-12/h5-8,15H,3-4,9-10H2,1-2H3/b12-11+. The van der Waals surface area contributed by atoms with Crippen molar-refractivity contribution in [1.82, 2.24) is 15.3 Å². The summed E-state index contributed by atoms with van der Waals surface area (Å²) in [7, 11) is -3.73. The topological polar surface area (TPSA) is 88.2 Å². The third-order valence-corrected chi connectivity index (χ3v) is 4.61. The number of ether oxygens (including phenoxy) is 1. The van der Waals surface area contributed by atoms with Crippen LogP contribution in [0.3, 0.4) is 0 Å². The highest BCUT2D eigenvalue weighted by Gasteiger charge is 2.35. The molecule has 2 aliphatic rings. The Hall–Kier alpha value is -1.75. The highest BCUT2D eigenvalue weighted by molar-refractivity contribution is 7.86. The summed E-state index contributed by atoms with van der Waals surface area (Å²) in [6, 6.07) is 0. The van der Waals surface area contributed by atoms with Crippen LogP contribution in [0.25, 0.3) is 0 Å². The number of nitrogens with zero attached hydrogens (tertiary/aromatic N) is 2. The molecule has 8 nitrogen and oxygen atoms in total. The molecule has 24 heavy (non-hydrogen) atoms. The summed E-state index contributed by atoms with van der Waals surface area (Å²) in [5.41, 5.74) is 2.77. The van der Waals surface area contributed by atoms with Gasteiger partial charge in [-0.2, -0.15) is 18.2 Å². The van der Waals surface area contributed by atoms with Gasteiger partial charge in [-0.15, -0.1) is 0 Å². The molecule has 0 radical (unpaired) electrons. The minimum absolute atomic E-state index is 0.0902. The number of likely N-dealkylation sites (N-methyl/N-ethyl adjacent to an activating group) is 1. The Balaban J connectivity index is 2.17. The Bertz CT molecular complexity index is 712. The molecule has 0 aromatic heterocycles. The SMILES string of the molecule is CCNOS(=O)(=O)CCN1C=CC=C/C1=C1\OC(=S)N(CC)C1=O. The summed E-state index contributed by atoms with van der Waals surface area (Å²) in [5.74, 6) is -0.507. The van der Waals surface area contributed by atoms with Crippen molar-refractivity contribution in [2.45, 2.75) is 13.8 Å². The smallest absolute Gasteiger partial charge is 0.299 e. The van der Waals surface area contributed by atoms with Gasteiger partial charge in [0.05, 0.1) is 11.4 Å². The maximum absolute atomic E-state index is 12.4. The van der Waals surface area contributed by atoms with Crippen LogP contribution < -0.4 is 5.48 Å². The number of hydrogen-bond donors (Lipinski definition) is 1. The summed E-state index contributed by atoms with van der Waals surface area (Å²) in [6.45, 7) is 4.39.